The Morgan fingerprint density at radius 1 is 1.25 bits per heavy atom. The number of nitrogens with zero attached hydrogens (tertiary/aromatic N) is 2. The van der Waals surface area contributed by atoms with E-state index in [9.17, 15) is 0 Å². The van der Waals surface area contributed by atoms with Gasteiger partial charge in [-0.1, -0.05) is 30.3 Å². The van der Waals surface area contributed by atoms with Gasteiger partial charge in [0.15, 0.2) is 0 Å². The maximum atomic E-state index is 5.86. The molecule has 2 N–H and O–H groups in total. The normalized spacial score (nSPS) is 10.8. The lowest BCUT2D eigenvalue weighted by Crippen LogP contribution is -2.32. The summed E-state index contributed by atoms with van der Waals surface area (Å²) in [5.41, 5.74) is 8.19. The monoisotopic (exact) mass is 333 g/mol. The molecule has 106 valence electrons. The van der Waals surface area contributed by atoms with Gasteiger partial charge in [0.2, 0.25) is 0 Å². The minimum atomic E-state index is 0.356. The number of aromatic nitrogens is 1. The van der Waals surface area contributed by atoms with Crippen molar-refractivity contribution in [2.45, 2.75) is 33.0 Å². The van der Waals surface area contributed by atoms with Crippen molar-refractivity contribution < 1.29 is 0 Å². The standard InChI is InChI=1S/C16H20BrN3/c1-12(2)20(11-13-6-4-3-5-7-13)16-14(9-18)8-15(17)10-19-16/h3-8,10,12H,9,11,18H2,1-2H3. The molecule has 1 aromatic heterocycles. The molecule has 0 fully saturated rings. The molecule has 0 bridgehead atoms. The second-order valence-corrected chi connectivity index (χ2v) is 5.96. The summed E-state index contributed by atoms with van der Waals surface area (Å²) in [7, 11) is 0. The van der Waals surface area contributed by atoms with Crippen LogP contribution in [0.2, 0.25) is 0 Å². The van der Waals surface area contributed by atoms with Gasteiger partial charge in [-0.15, -0.1) is 0 Å². The molecule has 0 saturated carbocycles. The van der Waals surface area contributed by atoms with Crippen molar-refractivity contribution in [1.82, 2.24) is 4.98 Å². The van der Waals surface area contributed by atoms with Crippen molar-refractivity contribution in [1.29, 1.82) is 0 Å². The highest BCUT2D eigenvalue weighted by molar-refractivity contribution is 9.10. The Morgan fingerprint density at radius 3 is 2.55 bits per heavy atom. The summed E-state index contributed by atoms with van der Waals surface area (Å²) in [5, 5.41) is 0. The van der Waals surface area contributed by atoms with Gasteiger partial charge in [0, 0.05) is 35.4 Å². The number of hydrogen-bond donors (Lipinski definition) is 1. The topological polar surface area (TPSA) is 42.2 Å². The van der Waals surface area contributed by atoms with E-state index in [1.54, 1.807) is 0 Å². The fourth-order valence-corrected chi connectivity index (χ4v) is 2.54. The summed E-state index contributed by atoms with van der Waals surface area (Å²) < 4.78 is 0.963. The SMILES string of the molecule is CC(C)N(Cc1ccccc1)c1ncc(Br)cc1CN. The van der Waals surface area contributed by atoms with Crippen LogP contribution in [0.25, 0.3) is 0 Å². The molecule has 0 atom stereocenters. The Morgan fingerprint density at radius 2 is 1.95 bits per heavy atom. The van der Waals surface area contributed by atoms with Crippen LogP contribution < -0.4 is 10.6 Å². The van der Waals surface area contributed by atoms with Gasteiger partial charge in [0.1, 0.15) is 5.82 Å². The first-order valence-electron chi connectivity index (χ1n) is 6.77. The van der Waals surface area contributed by atoms with E-state index in [2.05, 4.69) is 63.9 Å². The maximum absolute atomic E-state index is 5.86. The average molecular weight is 334 g/mol. The van der Waals surface area contributed by atoms with Crippen LogP contribution in [0.15, 0.2) is 47.1 Å². The third-order valence-electron chi connectivity index (χ3n) is 3.22. The van der Waals surface area contributed by atoms with Gasteiger partial charge in [0.25, 0.3) is 0 Å². The van der Waals surface area contributed by atoms with Gasteiger partial charge in [-0.2, -0.15) is 0 Å². The number of rotatable bonds is 5. The van der Waals surface area contributed by atoms with Crippen LogP contribution in [0, 0.1) is 0 Å². The van der Waals surface area contributed by atoms with E-state index < -0.39 is 0 Å². The summed E-state index contributed by atoms with van der Waals surface area (Å²) >= 11 is 3.45. The Hall–Kier alpha value is -1.39. The molecule has 0 aliphatic rings. The zero-order valence-corrected chi connectivity index (χ0v) is 13.5. The minimum Gasteiger partial charge on any atom is -0.350 e. The van der Waals surface area contributed by atoms with Gasteiger partial charge in [-0.25, -0.2) is 4.98 Å². The molecule has 2 rings (SSSR count). The van der Waals surface area contributed by atoms with E-state index in [1.807, 2.05) is 18.3 Å². The molecule has 0 radical (unpaired) electrons. The first-order valence-corrected chi connectivity index (χ1v) is 7.56. The predicted octanol–water partition coefficient (Wildman–Crippen LogP) is 3.72. The van der Waals surface area contributed by atoms with Crippen molar-refractivity contribution in [2.24, 2.45) is 5.73 Å². The molecule has 0 spiro atoms. The van der Waals surface area contributed by atoms with Crippen molar-refractivity contribution in [2.75, 3.05) is 4.90 Å². The van der Waals surface area contributed by atoms with Crippen LogP contribution in [-0.2, 0) is 13.1 Å². The second kappa shape index (κ2) is 6.86. The van der Waals surface area contributed by atoms with Crippen molar-refractivity contribution in [3.63, 3.8) is 0 Å². The van der Waals surface area contributed by atoms with Crippen molar-refractivity contribution in [3.8, 4) is 0 Å². The maximum Gasteiger partial charge on any atom is 0.133 e. The molecule has 1 heterocycles. The summed E-state index contributed by atoms with van der Waals surface area (Å²) in [6.45, 7) is 5.67. The van der Waals surface area contributed by atoms with E-state index in [1.165, 1.54) is 5.56 Å². The highest BCUT2D eigenvalue weighted by Gasteiger charge is 2.16. The van der Waals surface area contributed by atoms with Gasteiger partial charge < -0.3 is 10.6 Å². The van der Waals surface area contributed by atoms with Gasteiger partial charge in [0.05, 0.1) is 0 Å². The van der Waals surface area contributed by atoms with Crippen LogP contribution >= 0.6 is 15.9 Å². The average Bonchev–Trinajstić information content (AvgIpc) is 2.46. The summed E-state index contributed by atoms with van der Waals surface area (Å²) in [6, 6.07) is 12.8. The zero-order valence-electron chi connectivity index (χ0n) is 11.9. The highest BCUT2D eigenvalue weighted by Crippen LogP contribution is 2.24. The van der Waals surface area contributed by atoms with E-state index in [0.717, 1.165) is 22.4 Å². The molecule has 3 nitrogen and oxygen atoms in total. The first kappa shape index (κ1) is 15.0. The first-order chi connectivity index (χ1) is 9.61. The number of halogens is 1. The lowest BCUT2D eigenvalue weighted by molar-refractivity contribution is 0.667. The molecule has 4 heteroatoms. The molecular formula is C16H20BrN3. The molecule has 0 amide bonds. The second-order valence-electron chi connectivity index (χ2n) is 5.05. The summed E-state index contributed by atoms with van der Waals surface area (Å²) in [4.78, 5) is 6.85. The Labute approximate surface area is 129 Å². The van der Waals surface area contributed by atoms with Crippen LogP contribution in [0.5, 0.6) is 0 Å². The van der Waals surface area contributed by atoms with E-state index in [-0.39, 0.29) is 0 Å². The van der Waals surface area contributed by atoms with Gasteiger partial charge in [-0.3, -0.25) is 0 Å². The number of pyridine rings is 1. The van der Waals surface area contributed by atoms with Gasteiger partial charge in [-0.05, 0) is 41.4 Å². The quantitative estimate of drug-likeness (QED) is 0.906. The Kier molecular flexibility index (Phi) is 5.15. The van der Waals surface area contributed by atoms with Crippen LogP contribution in [0.1, 0.15) is 25.0 Å². The van der Waals surface area contributed by atoms with E-state index >= 15 is 0 Å². The van der Waals surface area contributed by atoms with Gasteiger partial charge >= 0.3 is 0 Å². The molecule has 0 aliphatic heterocycles. The number of anilines is 1. The van der Waals surface area contributed by atoms with E-state index in [4.69, 9.17) is 5.73 Å². The minimum absolute atomic E-state index is 0.356. The van der Waals surface area contributed by atoms with Crippen molar-refractivity contribution >= 4 is 21.7 Å². The Balaban J connectivity index is 2.34. The van der Waals surface area contributed by atoms with Crippen molar-refractivity contribution in [3.05, 3.63) is 58.2 Å². The zero-order chi connectivity index (χ0) is 14.5. The smallest absolute Gasteiger partial charge is 0.133 e. The summed E-state index contributed by atoms with van der Waals surface area (Å²) in [6.07, 6.45) is 1.83. The van der Waals surface area contributed by atoms with Crippen LogP contribution in [-0.4, -0.2) is 11.0 Å². The molecular weight excluding hydrogens is 314 g/mol. The molecule has 0 aliphatic carbocycles. The lowest BCUT2D eigenvalue weighted by atomic mass is 10.1. The molecule has 20 heavy (non-hydrogen) atoms. The third-order valence-corrected chi connectivity index (χ3v) is 3.65. The summed E-state index contributed by atoms with van der Waals surface area (Å²) in [5.74, 6) is 0.967. The number of nitrogens with two attached hydrogens (primary N) is 1. The fraction of sp³-hybridized carbons (Fsp3) is 0.312. The number of benzene rings is 1. The fourth-order valence-electron chi connectivity index (χ4n) is 2.16. The van der Waals surface area contributed by atoms with Crippen LogP contribution in [0.3, 0.4) is 0 Å². The Bertz CT molecular complexity index is 555. The molecule has 0 saturated heterocycles. The molecule has 1 aromatic carbocycles. The largest absolute Gasteiger partial charge is 0.350 e. The molecule has 2 aromatic rings. The molecule has 0 unspecified atom stereocenters. The number of hydrogen-bond acceptors (Lipinski definition) is 3. The lowest BCUT2D eigenvalue weighted by Gasteiger charge is -2.29. The highest BCUT2D eigenvalue weighted by atomic mass is 79.9. The van der Waals surface area contributed by atoms with E-state index in [0.29, 0.717) is 12.6 Å². The van der Waals surface area contributed by atoms with Crippen LogP contribution in [0.4, 0.5) is 5.82 Å². The predicted molar refractivity (Wildman–Crippen MR) is 87.6 cm³/mol. The third kappa shape index (κ3) is 3.58.